The van der Waals surface area contributed by atoms with Gasteiger partial charge in [-0.05, 0) is 18.6 Å². The Bertz CT molecular complexity index is 1710. The van der Waals surface area contributed by atoms with Crippen molar-refractivity contribution in [3.63, 3.8) is 0 Å². The summed E-state index contributed by atoms with van der Waals surface area (Å²) in [7, 11) is 0. The van der Waals surface area contributed by atoms with E-state index < -0.39 is 65.9 Å². The fourth-order valence-electron chi connectivity index (χ4n) is 5.96. The van der Waals surface area contributed by atoms with E-state index in [1.54, 1.807) is 5.38 Å². The van der Waals surface area contributed by atoms with Crippen molar-refractivity contribution in [2.75, 3.05) is 90.5 Å². The quantitative estimate of drug-likeness (QED) is 0.0914. The Labute approximate surface area is 320 Å². The Balaban J connectivity index is 0.897. The average Bonchev–Trinajstić information content (AvgIpc) is 3.78. The number of hydrogen-bond acceptors (Lipinski definition) is 14. The summed E-state index contributed by atoms with van der Waals surface area (Å²) in [6.07, 6.45) is 5.43. The van der Waals surface area contributed by atoms with Crippen molar-refractivity contribution in [3.05, 3.63) is 71.0 Å². The number of nitrogens with one attached hydrogen (secondary N) is 3. The number of hydrogen-bond donors (Lipinski definition) is 3. The van der Waals surface area contributed by atoms with Gasteiger partial charge in [-0.2, -0.15) is 0 Å². The predicted octanol–water partition coefficient (Wildman–Crippen LogP) is 1.09. The molecule has 4 heterocycles. The standard InChI is InChI=1S/C36H44F2N6O10S/c1-2-3-26(24-20-31(47)44(35(24)49)28-6-7-29(45)42-34(28)48)39-8-12-50-16-18-53-19-17-51-13-9-40-30(46)21-54-33-23(4-5-25(37)32(33)38)27-22-55-36(41-27)43-10-14-52-15-11-43/h2-5,20,22-23,28,33,39H,1,6-19,21H2,(H,40,46)(H,42,45,48)/b26-3+. The number of rotatable bonds is 21. The van der Waals surface area contributed by atoms with Gasteiger partial charge in [0.05, 0.1) is 70.0 Å². The van der Waals surface area contributed by atoms with Gasteiger partial charge in [-0.1, -0.05) is 18.7 Å². The van der Waals surface area contributed by atoms with Crippen molar-refractivity contribution in [1.82, 2.24) is 25.8 Å². The summed E-state index contributed by atoms with van der Waals surface area (Å²) in [6.45, 7) is 7.70. The number of halogens is 2. The molecule has 3 atom stereocenters. The van der Waals surface area contributed by atoms with Gasteiger partial charge in [-0.25, -0.2) is 13.8 Å². The molecule has 0 spiro atoms. The summed E-state index contributed by atoms with van der Waals surface area (Å²) in [5.41, 5.74) is 0.941. The van der Waals surface area contributed by atoms with Gasteiger partial charge in [0.2, 0.25) is 17.7 Å². The number of carbonyl (C=O) groups excluding carboxylic acids is 5. The molecule has 1 aromatic heterocycles. The third kappa shape index (κ3) is 11.4. The predicted molar refractivity (Wildman–Crippen MR) is 194 cm³/mol. The Hall–Kier alpha value is -4.66. The lowest BCUT2D eigenvalue weighted by Crippen LogP contribution is -2.54. The molecule has 2 fully saturated rings. The molecule has 2 saturated heterocycles. The molecule has 3 N–H and O–H groups in total. The number of morpholine rings is 1. The summed E-state index contributed by atoms with van der Waals surface area (Å²) in [5.74, 6) is -5.76. The van der Waals surface area contributed by atoms with E-state index in [0.717, 1.165) is 22.2 Å². The van der Waals surface area contributed by atoms with Gasteiger partial charge in [0.25, 0.3) is 11.8 Å². The van der Waals surface area contributed by atoms with Gasteiger partial charge in [0.1, 0.15) is 18.8 Å². The van der Waals surface area contributed by atoms with E-state index in [-0.39, 0.29) is 64.6 Å². The van der Waals surface area contributed by atoms with Crippen molar-refractivity contribution in [2.45, 2.75) is 30.9 Å². The third-order valence-corrected chi connectivity index (χ3v) is 9.63. The van der Waals surface area contributed by atoms with Crippen LogP contribution in [-0.2, 0) is 47.7 Å². The summed E-state index contributed by atoms with van der Waals surface area (Å²) in [6, 6.07) is -1.06. The summed E-state index contributed by atoms with van der Waals surface area (Å²) >= 11 is 1.40. The number of carbonyl (C=O) groups is 5. The van der Waals surface area contributed by atoms with Crippen molar-refractivity contribution in [3.8, 4) is 0 Å². The second-order valence-electron chi connectivity index (χ2n) is 12.4. The van der Waals surface area contributed by atoms with Crippen LogP contribution in [0.1, 0.15) is 24.5 Å². The van der Waals surface area contributed by atoms with Gasteiger partial charge >= 0.3 is 0 Å². The molecule has 5 amide bonds. The molecule has 0 radical (unpaired) electrons. The number of anilines is 1. The molecule has 0 saturated carbocycles. The van der Waals surface area contributed by atoms with Crippen molar-refractivity contribution in [1.29, 1.82) is 0 Å². The molecule has 0 aromatic carbocycles. The zero-order valence-electron chi connectivity index (χ0n) is 30.1. The van der Waals surface area contributed by atoms with Gasteiger partial charge in [0.15, 0.2) is 16.8 Å². The van der Waals surface area contributed by atoms with Crippen LogP contribution in [0.5, 0.6) is 0 Å². The fraction of sp³-hybridized carbons (Fsp3) is 0.500. The van der Waals surface area contributed by atoms with Crippen LogP contribution in [0.15, 0.2) is 65.3 Å². The molecular formula is C36H44F2N6O10S. The van der Waals surface area contributed by atoms with Crippen molar-refractivity contribution < 1.29 is 56.4 Å². The second-order valence-corrected chi connectivity index (χ2v) is 13.3. The van der Waals surface area contributed by atoms with Crippen LogP contribution in [0.4, 0.5) is 13.9 Å². The number of ether oxygens (including phenoxy) is 5. The maximum absolute atomic E-state index is 14.8. The highest BCUT2D eigenvalue weighted by Gasteiger charge is 2.43. The first-order valence-corrected chi connectivity index (χ1v) is 18.7. The molecule has 55 heavy (non-hydrogen) atoms. The molecule has 0 bridgehead atoms. The first-order chi connectivity index (χ1) is 26.7. The number of amides is 5. The molecule has 3 aliphatic heterocycles. The van der Waals surface area contributed by atoms with Gasteiger partial charge < -0.3 is 39.2 Å². The highest BCUT2D eigenvalue weighted by atomic mass is 32.1. The molecule has 298 valence electrons. The minimum absolute atomic E-state index is 0.0298. The van der Waals surface area contributed by atoms with Crippen LogP contribution >= 0.6 is 11.3 Å². The lowest BCUT2D eigenvalue weighted by atomic mass is 9.93. The van der Waals surface area contributed by atoms with E-state index in [2.05, 4.69) is 32.4 Å². The van der Waals surface area contributed by atoms with E-state index in [0.29, 0.717) is 44.2 Å². The molecule has 16 nitrogen and oxygen atoms in total. The van der Waals surface area contributed by atoms with E-state index in [1.807, 2.05) is 0 Å². The highest BCUT2D eigenvalue weighted by molar-refractivity contribution is 7.13. The largest absolute Gasteiger partial charge is 0.382 e. The molecule has 1 aliphatic carbocycles. The second kappa shape index (κ2) is 20.9. The van der Waals surface area contributed by atoms with Crippen molar-refractivity contribution in [2.24, 2.45) is 0 Å². The number of aromatic nitrogens is 1. The zero-order valence-corrected chi connectivity index (χ0v) is 30.9. The summed E-state index contributed by atoms with van der Waals surface area (Å²) < 4.78 is 56.4. The molecular weight excluding hydrogens is 746 g/mol. The van der Waals surface area contributed by atoms with E-state index >= 15 is 0 Å². The topological polar surface area (TPSA) is 187 Å². The number of allylic oxidation sites excluding steroid dienone is 4. The molecule has 5 rings (SSSR count). The Morgan fingerprint density at radius 3 is 2.42 bits per heavy atom. The van der Waals surface area contributed by atoms with Crippen LogP contribution in [0, 0.1) is 0 Å². The van der Waals surface area contributed by atoms with Crippen LogP contribution in [0.25, 0.3) is 0 Å². The average molecular weight is 791 g/mol. The molecule has 1 aromatic rings. The first-order valence-electron chi connectivity index (χ1n) is 17.8. The highest BCUT2D eigenvalue weighted by Crippen LogP contribution is 2.37. The smallest absolute Gasteiger partial charge is 0.263 e. The minimum Gasteiger partial charge on any atom is -0.382 e. The van der Waals surface area contributed by atoms with Gasteiger partial charge in [-0.3, -0.25) is 34.2 Å². The first kappa shape index (κ1) is 41.5. The maximum atomic E-state index is 14.8. The van der Waals surface area contributed by atoms with Gasteiger partial charge in [0, 0.05) is 49.8 Å². The van der Waals surface area contributed by atoms with Crippen LogP contribution in [0.2, 0.25) is 0 Å². The number of piperidine rings is 1. The third-order valence-electron chi connectivity index (χ3n) is 8.71. The van der Waals surface area contributed by atoms with Crippen LogP contribution < -0.4 is 20.9 Å². The molecule has 4 aliphatic rings. The fourth-order valence-corrected chi connectivity index (χ4v) is 6.89. The minimum atomic E-state index is -1.33. The van der Waals surface area contributed by atoms with E-state index in [4.69, 9.17) is 23.7 Å². The van der Waals surface area contributed by atoms with Crippen LogP contribution in [0.3, 0.4) is 0 Å². The number of thiazole rings is 1. The zero-order chi connectivity index (χ0) is 39.2. The monoisotopic (exact) mass is 790 g/mol. The van der Waals surface area contributed by atoms with Crippen molar-refractivity contribution >= 4 is 46.0 Å². The molecule has 3 unspecified atom stereocenters. The lowest BCUT2D eigenvalue weighted by Gasteiger charge is -2.28. The Morgan fingerprint density at radius 2 is 1.73 bits per heavy atom. The summed E-state index contributed by atoms with van der Waals surface area (Å²) in [5, 5.41) is 10.4. The molecule has 19 heteroatoms. The Morgan fingerprint density at radius 1 is 1.04 bits per heavy atom. The summed E-state index contributed by atoms with van der Waals surface area (Å²) in [4.78, 5) is 69.3. The Kier molecular flexibility index (Phi) is 15.7. The number of imide groups is 2. The SMILES string of the molecule is C=C/C=C(/NCCOCCOCCOCCNC(=O)COC1C(F)=C(F)C=CC1c1csc(N2CCOCC2)n1)C1=CC(=O)N(C2CCC(=O)NC2=O)C1=O. The van der Waals surface area contributed by atoms with Gasteiger partial charge in [-0.15, -0.1) is 11.3 Å². The van der Waals surface area contributed by atoms with E-state index in [9.17, 15) is 32.8 Å². The lowest BCUT2D eigenvalue weighted by molar-refractivity contribution is -0.149. The normalized spacial score (nSPS) is 22.0. The van der Waals surface area contributed by atoms with Crippen LogP contribution in [-0.4, -0.2) is 137 Å². The number of nitrogens with zero attached hydrogens (tertiary/aromatic N) is 3. The maximum Gasteiger partial charge on any atom is 0.263 e. The van der Waals surface area contributed by atoms with E-state index in [1.165, 1.54) is 29.6 Å².